The monoisotopic (exact) mass is 318 g/mol. The van der Waals surface area contributed by atoms with Crippen LogP contribution in [0.5, 0.6) is 5.75 Å². The Kier molecular flexibility index (Phi) is 3.85. The van der Waals surface area contributed by atoms with Crippen LogP contribution in [0.4, 0.5) is 0 Å². The highest BCUT2D eigenvalue weighted by molar-refractivity contribution is 9.10. The summed E-state index contributed by atoms with van der Waals surface area (Å²) in [5.74, 6) is 0.870. The van der Waals surface area contributed by atoms with Gasteiger partial charge in [-0.25, -0.2) is 0 Å². The number of hydrogen-bond donors (Lipinski definition) is 0. The minimum atomic E-state index is 0.0357. The van der Waals surface area contributed by atoms with E-state index in [9.17, 15) is 0 Å². The van der Waals surface area contributed by atoms with Crippen LogP contribution in [0.2, 0.25) is 0 Å². The van der Waals surface area contributed by atoms with Crippen molar-refractivity contribution in [2.24, 2.45) is 0 Å². The first-order chi connectivity index (χ1) is 9.33. The number of hydrogen-bond acceptors (Lipinski definition) is 2. The Morgan fingerprint density at radius 2 is 1.89 bits per heavy atom. The topological polar surface area (TPSA) is 18.5 Å². The molecule has 0 N–H and O–H groups in total. The molecule has 2 aromatic carbocycles. The fraction of sp³-hybridized carbons (Fsp3) is 0.250. The average molecular weight is 319 g/mol. The third-order valence-electron chi connectivity index (χ3n) is 3.31. The van der Waals surface area contributed by atoms with Crippen LogP contribution in [0.25, 0.3) is 0 Å². The molecule has 0 saturated carbocycles. The van der Waals surface area contributed by atoms with Crippen LogP contribution in [0.3, 0.4) is 0 Å². The highest BCUT2D eigenvalue weighted by Crippen LogP contribution is 2.27. The van der Waals surface area contributed by atoms with E-state index < -0.39 is 0 Å². The Bertz CT molecular complexity index is 551. The predicted molar refractivity (Wildman–Crippen MR) is 78.5 cm³/mol. The quantitative estimate of drug-likeness (QED) is 0.846. The minimum Gasteiger partial charge on any atom is -0.491 e. The Hall–Kier alpha value is -1.32. The van der Waals surface area contributed by atoms with E-state index in [2.05, 4.69) is 40.2 Å². The molecule has 0 fully saturated rings. The van der Waals surface area contributed by atoms with Crippen molar-refractivity contribution in [3.05, 3.63) is 64.1 Å². The van der Waals surface area contributed by atoms with E-state index in [0.717, 1.165) is 23.2 Å². The molecule has 1 heterocycles. The van der Waals surface area contributed by atoms with E-state index in [0.29, 0.717) is 6.61 Å². The summed E-state index contributed by atoms with van der Waals surface area (Å²) in [5.41, 5.74) is 2.63. The van der Waals surface area contributed by atoms with E-state index in [1.165, 1.54) is 11.1 Å². The van der Waals surface area contributed by atoms with Gasteiger partial charge in [0.05, 0.1) is 6.61 Å². The Morgan fingerprint density at radius 1 is 1.11 bits per heavy atom. The zero-order valence-electron chi connectivity index (χ0n) is 10.5. The van der Waals surface area contributed by atoms with Crippen LogP contribution in [0.15, 0.2) is 53.0 Å². The first-order valence-electron chi connectivity index (χ1n) is 6.41. The molecule has 0 bridgehead atoms. The van der Waals surface area contributed by atoms with Gasteiger partial charge in [0.15, 0.2) is 0 Å². The first kappa shape index (κ1) is 12.7. The van der Waals surface area contributed by atoms with Crippen molar-refractivity contribution in [1.29, 1.82) is 0 Å². The van der Waals surface area contributed by atoms with Crippen molar-refractivity contribution in [2.45, 2.75) is 12.5 Å². The molecular formula is C16H15BrO2. The molecule has 1 aliphatic rings. The molecule has 3 rings (SSSR count). The molecule has 0 spiro atoms. The van der Waals surface area contributed by atoms with Crippen molar-refractivity contribution in [3.8, 4) is 5.75 Å². The van der Waals surface area contributed by atoms with Crippen LogP contribution in [0, 0.1) is 0 Å². The lowest BCUT2D eigenvalue weighted by Crippen LogP contribution is -2.21. The van der Waals surface area contributed by atoms with Gasteiger partial charge in [-0.1, -0.05) is 40.2 Å². The van der Waals surface area contributed by atoms with E-state index in [-0.39, 0.29) is 6.10 Å². The van der Waals surface area contributed by atoms with Crippen LogP contribution in [-0.4, -0.2) is 13.2 Å². The number of rotatable bonds is 3. The summed E-state index contributed by atoms with van der Waals surface area (Å²) < 4.78 is 12.7. The van der Waals surface area contributed by atoms with Gasteiger partial charge in [-0.05, 0) is 41.8 Å². The summed E-state index contributed by atoms with van der Waals surface area (Å²) in [5, 5.41) is 0. The molecule has 98 valence electrons. The van der Waals surface area contributed by atoms with E-state index >= 15 is 0 Å². The van der Waals surface area contributed by atoms with Crippen molar-refractivity contribution in [2.75, 3.05) is 13.2 Å². The lowest BCUT2D eigenvalue weighted by Gasteiger charge is -2.26. The minimum absolute atomic E-state index is 0.0357. The maximum atomic E-state index is 5.82. The zero-order chi connectivity index (χ0) is 13.1. The average Bonchev–Trinajstić information content (AvgIpc) is 2.47. The smallest absolute Gasteiger partial charge is 0.119 e. The maximum Gasteiger partial charge on any atom is 0.119 e. The van der Waals surface area contributed by atoms with Gasteiger partial charge in [0.2, 0.25) is 0 Å². The second kappa shape index (κ2) is 5.76. The zero-order valence-corrected chi connectivity index (χ0v) is 12.1. The Labute approximate surface area is 121 Å². The summed E-state index contributed by atoms with van der Waals surface area (Å²) in [4.78, 5) is 0. The molecule has 1 aliphatic heterocycles. The lowest BCUT2D eigenvalue weighted by molar-refractivity contribution is 0.0102. The lowest BCUT2D eigenvalue weighted by atomic mass is 9.98. The van der Waals surface area contributed by atoms with Crippen molar-refractivity contribution in [3.63, 3.8) is 0 Å². The fourth-order valence-electron chi connectivity index (χ4n) is 2.32. The molecule has 0 amide bonds. The van der Waals surface area contributed by atoms with Gasteiger partial charge in [0, 0.05) is 4.47 Å². The highest BCUT2D eigenvalue weighted by atomic mass is 79.9. The Morgan fingerprint density at radius 3 is 2.74 bits per heavy atom. The molecule has 2 nitrogen and oxygen atoms in total. The molecule has 1 unspecified atom stereocenters. The molecule has 0 saturated heterocycles. The summed E-state index contributed by atoms with van der Waals surface area (Å²) in [6.07, 6.45) is 1.03. The normalized spacial score (nSPS) is 17.8. The van der Waals surface area contributed by atoms with Crippen molar-refractivity contribution in [1.82, 2.24) is 0 Å². The van der Waals surface area contributed by atoms with Gasteiger partial charge in [0.1, 0.15) is 18.5 Å². The maximum absolute atomic E-state index is 5.82. The van der Waals surface area contributed by atoms with E-state index in [1.54, 1.807) is 0 Å². The van der Waals surface area contributed by atoms with Gasteiger partial charge in [-0.15, -0.1) is 0 Å². The van der Waals surface area contributed by atoms with Gasteiger partial charge in [-0.3, -0.25) is 0 Å². The molecular weight excluding hydrogens is 304 g/mol. The standard InChI is InChI=1S/C16H15BrO2/c17-13-5-7-14(8-6-13)19-11-16-15-4-2-1-3-12(15)9-10-18-16/h1-8,16H,9-11H2. The molecule has 2 aromatic rings. The third kappa shape index (κ3) is 2.99. The summed E-state index contributed by atoms with van der Waals surface area (Å²) >= 11 is 3.41. The second-order valence-electron chi connectivity index (χ2n) is 4.57. The van der Waals surface area contributed by atoms with Gasteiger partial charge >= 0.3 is 0 Å². The fourth-order valence-corrected chi connectivity index (χ4v) is 2.58. The summed E-state index contributed by atoms with van der Waals surface area (Å²) in [7, 11) is 0. The van der Waals surface area contributed by atoms with Crippen LogP contribution < -0.4 is 4.74 Å². The van der Waals surface area contributed by atoms with Gasteiger partial charge in [0.25, 0.3) is 0 Å². The number of benzene rings is 2. The van der Waals surface area contributed by atoms with E-state index in [4.69, 9.17) is 9.47 Å². The second-order valence-corrected chi connectivity index (χ2v) is 5.49. The van der Waals surface area contributed by atoms with Crippen molar-refractivity contribution < 1.29 is 9.47 Å². The molecule has 0 aliphatic carbocycles. The number of fused-ring (bicyclic) bond motifs is 1. The molecule has 1 atom stereocenters. The van der Waals surface area contributed by atoms with Gasteiger partial charge < -0.3 is 9.47 Å². The Balaban J connectivity index is 1.69. The molecule has 0 aromatic heterocycles. The largest absolute Gasteiger partial charge is 0.491 e. The highest BCUT2D eigenvalue weighted by Gasteiger charge is 2.20. The number of halogens is 1. The summed E-state index contributed by atoms with van der Waals surface area (Å²) in [6.45, 7) is 1.32. The van der Waals surface area contributed by atoms with Crippen LogP contribution >= 0.6 is 15.9 Å². The third-order valence-corrected chi connectivity index (χ3v) is 3.84. The van der Waals surface area contributed by atoms with Crippen LogP contribution in [-0.2, 0) is 11.2 Å². The predicted octanol–water partition coefficient (Wildman–Crippen LogP) is 4.14. The SMILES string of the molecule is Brc1ccc(OCC2OCCc3ccccc32)cc1. The van der Waals surface area contributed by atoms with Gasteiger partial charge in [-0.2, -0.15) is 0 Å². The summed E-state index contributed by atoms with van der Waals surface area (Å²) in [6, 6.07) is 16.3. The first-order valence-corrected chi connectivity index (χ1v) is 7.20. The molecule has 3 heteroatoms. The molecule has 0 radical (unpaired) electrons. The van der Waals surface area contributed by atoms with E-state index in [1.807, 2.05) is 24.3 Å². The number of ether oxygens (including phenoxy) is 2. The van der Waals surface area contributed by atoms with Crippen LogP contribution in [0.1, 0.15) is 17.2 Å². The molecule has 19 heavy (non-hydrogen) atoms. The van der Waals surface area contributed by atoms with Crippen molar-refractivity contribution >= 4 is 15.9 Å².